The van der Waals surface area contributed by atoms with Gasteiger partial charge in [-0.15, -0.1) is 0 Å². The first-order valence-corrected chi connectivity index (χ1v) is 7.46. The average Bonchev–Trinajstić information content (AvgIpc) is 2.26. The minimum Gasteiger partial charge on any atom is -0.393 e. The molecule has 1 saturated heterocycles. The molecule has 1 heterocycles. The van der Waals surface area contributed by atoms with Crippen molar-refractivity contribution in [3.63, 3.8) is 0 Å². The van der Waals surface area contributed by atoms with Crippen molar-refractivity contribution in [2.24, 2.45) is 5.92 Å². The third kappa shape index (κ3) is 2.44. The van der Waals surface area contributed by atoms with Crippen LogP contribution in [0.4, 0.5) is 0 Å². The first-order chi connectivity index (χ1) is 5.59. The first-order valence-electron chi connectivity index (χ1n) is 4.34. The van der Waals surface area contributed by atoms with Crippen LogP contribution in [-0.4, -0.2) is 20.7 Å². The van der Waals surface area contributed by atoms with Crippen LogP contribution in [0.2, 0.25) is 19.1 Å². The Labute approximate surface area is 73.7 Å². The van der Waals surface area contributed by atoms with Crippen molar-refractivity contribution in [2.75, 3.05) is 0 Å². The van der Waals surface area contributed by atoms with Crippen LogP contribution in [0.25, 0.3) is 0 Å². The molecule has 0 radical (unpaired) electrons. The molecule has 0 aliphatic carbocycles. The Balaban J connectivity index is 2.33. The number of rotatable bonds is 3. The van der Waals surface area contributed by atoms with Crippen LogP contribution < -0.4 is 0 Å². The van der Waals surface area contributed by atoms with Gasteiger partial charge in [-0.25, -0.2) is 0 Å². The summed E-state index contributed by atoms with van der Waals surface area (Å²) in [6.07, 6.45) is 1.15. The highest BCUT2D eigenvalue weighted by molar-refractivity contribution is 6.55. The van der Waals surface area contributed by atoms with Gasteiger partial charge in [0, 0.05) is 8.80 Å². The lowest BCUT2D eigenvalue weighted by Gasteiger charge is -2.04. The van der Waals surface area contributed by atoms with Crippen molar-refractivity contribution in [1.29, 1.82) is 0 Å². The highest BCUT2D eigenvalue weighted by Gasteiger charge is 2.32. The fraction of sp³-hybridized carbons (Fsp3) is 0.750. The van der Waals surface area contributed by atoms with Gasteiger partial charge >= 0.3 is 11.9 Å². The summed E-state index contributed by atoms with van der Waals surface area (Å²) in [5.74, 6) is -0.794. The number of cyclic esters (lactones) is 2. The summed E-state index contributed by atoms with van der Waals surface area (Å²) in [6.45, 7) is 4.48. The fourth-order valence-electron chi connectivity index (χ4n) is 1.28. The van der Waals surface area contributed by atoms with Crippen LogP contribution >= 0.6 is 0 Å². The highest BCUT2D eigenvalue weighted by Crippen LogP contribution is 2.21. The predicted octanol–water partition coefficient (Wildman–Crippen LogP) is 0.953. The van der Waals surface area contributed by atoms with Crippen LogP contribution in [0.5, 0.6) is 0 Å². The molecular formula is C8H14O3Si. The van der Waals surface area contributed by atoms with Crippen molar-refractivity contribution in [1.82, 2.24) is 0 Å². The zero-order chi connectivity index (χ0) is 9.14. The van der Waals surface area contributed by atoms with E-state index in [0.29, 0.717) is 6.42 Å². The molecule has 0 N–H and O–H groups in total. The molecule has 1 unspecified atom stereocenters. The molecule has 1 aliphatic heterocycles. The Morgan fingerprint density at radius 1 is 1.50 bits per heavy atom. The maximum absolute atomic E-state index is 11.0. The quantitative estimate of drug-likeness (QED) is 0.374. The van der Waals surface area contributed by atoms with E-state index >= 15 is 0 Å². The molecule has 0 spiro atoms. The number of carbonyl (C=O) groups excluding carboxylic acids is 2. The summed E-state index contributed by atoms with van der Waals surface area (Å²) in [5, 5.41) is 0. The van der Waals surface area contributed by atoms with Gasteiger partial charge in [0.15, 0.2) is 0 Å². The number of hydrogen-bond acceptors (Lipinski definition) is 3. The zero-order valence-corrected chi connectivity index (χ0v) is 8.66. The summed E-state index contributed by atoms with van der Waals surface area (Å²) in [5.41, 5.74) is 0. The second kappa shape index (κ2) is 3.84. The average molecular weight is 186 g/mol. The Hall–Kier alpha value is -0.643. The number of esters is 2. The normalized spacial score (nSPS) is 23.4. The second-order valence-electron chi connectivity index (χ2n) is 3.67. The first kappa shape index (κ1) is 9.44. The van der Waals surface area contributed by atoms with Gasteiger partial charge in [-0.1, -0.05) is 19.1 Å². The molecule has 3 nitrogen and oxygen atoms in total. The van der Waals surface area contributed by atoms with Gasteiger partial charge < -0.3 is 4.74 Å². The molecule has 0 bridgehead atoms. The predicted molar refractivity (Wildman–Crippen MR) is 47.5 cm³/mol. The van der Waals surface area contributed by atoms with E-state index in [-0.39, 0.29) is 17.9 Å². The van der Waals surface area contributed by atoms with E-state index in [4.69, 9.17) is 0 Å². The third-order valence-electron chi connectivity index (χ3n) is 2.05. The van der Waals surface area contributed by atoms with Gasteiger partial charge in [0.2, 0.25) is 0 Å². The number of ether oxygens (including phenoxy) is 1. The van der Waals surface area contributed by atoms with Crippen molar-refractivity contribution in [3.05, 3.63) is 0 Å². The number of hydrogen-bond donors (Lipinski definition) is 0. The topological polar surface area (TPSA) is 43.4 Å². The van der Waals surface area contributed by atoms with Crippen molar-refractivity contribution in [2.45, 2.75) is 32.0 Å². The van der Waals surface area contributed by atoms with Gasteiger partial charge in [-0.3, -0.25) is 9.59 Å². The van der Waals surface area contributed by atoms with Gasteiger partial charge in [0.05, 0.1) is 12.3 Å². The summed E-state index contributed by atoms with van der Waals surface area (Å²) in [6, 6.07) is 1.12. The minimum atomic E-state index is -0.593. The lowest BCUT2D eigenvalue weighted by atomic mass is 10.1. The molecule has 0 aromatic heterocycles. The van der Waals surface area contributed by atoms with Crippen LogP contribution in [-0.2, 0) is 14.3 Å². The van der Waals surface area contributed by atoms with E-state index in [2.05, 4.69) is 17.8 Å². The summed E-state index contributed by atoms with van der Waals surface area (Å²) in [4.78, 5) is 21.6. The van der Waals surface area contributed by atoms with Crippen molar-refractivity contribution < 1.29 is 14.3 Å². The standard InChI is InChI=1S/C8H14O3Si/c1-12(2)4-3-6-5-7(9)11-8(6)10/h6,12H,3-5H2,1-2H3. The maximum Gasteiger partial charge on any atom is 0.317 e. The lowest BCUT2D eigenvalue weighted by molar-refractivity contribution is -0.153. The largest absolute Gasteiger partial charge is 0.393 e. The van der Waals surface area contributed by atoms with E-state index in [0.717, 1.165) is 12.5 Å². The van der Waals surface area contributed by atoms with Crippen LogP contribution in [0.3, 0.4) is 0 Å². The molecule has 1 rings (SSSR count). The van der Waals surface area contributed by atoms with E-state index in [9.17, 15) is 9.59 Å². The van der Waals surface area contributed by atoms with Gasteiger partial charge in [0.25, 0.3) is 0 Å². The van der Waals surface area contributed by atoms with Gasteiger partial charge in [0.1, 0.15) is 0 Å². The van der Waals surface area contributed by atoms with Crippen LogP contribution in [0.1, 0.15) is 12.8 Å². The van der Waals surface area contributed by atoms with Gasteiger partial charge in [-0.05, 0) is 6.42 Å². The van der Waals surface area contributed by atoms with Crippen LogP contribution in [0, 0.1) is 5.92 Å². The van der Waals surface area contributed by atoms with E-state index < -0.39 is 8.80 Å². The Kier molecular flexibility index (Phi) is 3.03. The molecule has 1 fully saturated rings. The molecule has 68 valence electrons. The minimum absolute atomic E-state index is 0.132. The molecule has 12 heavy (non-hydrogen) atoms. The zero-order valence-electron chi connectivity index (χ0n) is 7.50. The van der Waals surface area contributed by atoms with Crippen molar-refractivity contribution in [3.8, 4) is 0 Å². The molecule has 0 aromatic carbocycles. The number of carbonyl (C=O) groups is 2. The van der Waals surface area contributed by atoms with Crippen molar-refractivity contribution >= 4 is 20.7 Å². The molecule has 4 heteroatoms. The lowest BCUT2D eigenvalue weighted by Crippen LogP contribution is -2.10. The Morgan fingerprint density at radius 3 is 2.58 bits per heavy atom. The molecule has 0 aromatic rings. The smallest absolute Gasteiger partial charge is 0.317 e. The molecular weight excluding hydrogens is 172 g/mol. The van der Waals surface area contributed by atoms with E-state index in [1.54, 1.807) is 0 Å². The molecule has 1 aliphatic rings. The monoisotopic (exact) mass is 186 g/mol. The third-order valence-corrected chi connectivity index (χ3v) is 3.54. The Morgan fingerprint density at radius 2 is 2.17 bits per heavy atom. The van der Waals surface area contributed by atoms with E-state index in [1.165, 1.54) is 0 Å². The van der Waals surface area contributed by atoms with Gasteiger partial charge in [-0.2, -0.15) is 0 Å². The Bertz CT molecular complexity index is 200. The van der Waals surface area contributed by atoms with E-state index in [1.807, 2.05) is 0 Å². The summed E-state index contributed by atoms with van der Waals surface area (Å²) in [7, 11) is -0.593. The highest BCUT2D eigenvalue weighted by atomic mass is 28.3. The summed E-state index contributed by atoms with van der Waals surface area (Å²) >= 11 is 0. The van der Waals surface area contributed by atoms with Crippen LogP contribution in [0.15, 0.2) is 0 Å². The fourth-order valence-corrected chi connectivity index (χ4v) is 2.35. The maximum atomic E-state index is 11.0. The SMILES string of the molecule is C[SiH](C)CCC1CC(=O)OC1=O. The molecule has 0 amide bonds. The summed E-state index contributed by atoms with van der Waals surface area (Å²) < 4.78 is 4.44. The second-order valence-corrected chi connectivity index (χ2v) is 7.03. The molecule has 0 saturated carbocycles. The molecule has 1 atom stereocenters.